The number of phenolic OH excluding ortho intramolecular Hbond substituents is 2. The van der Waals surface area contributed by atoms with Gasteiger partial charge in [-0.1, -0.05) is 0 Å². The van der Waals surface area contributed by atoms with Crippen LogP contribution in [0.5, 0.6) is 11.5 Å². The standard InChI is InChI=1S/C13H14N2O2S/c16-11-4-3-8(6-12(11)17)13-15-10(7-18-13)9-2-1-5-14-9/h3-4,6-7,9,14,16-17H,1-2,5H2. The summed E-state index contributed by atoms with van der Waals surface area (Å²) in [5.41, 5.74) is 1.90. The Morgan fingerprint density at radius 2 is 2.17 bits per heavy atom. The Hall–Kier alpha value is -1.59. The summed E-state index contributed by atoms with van der Waals surface area (Å²) in [4.78, 5) is 4.60. The number of hydrogen-bond acceptors (Lipinski definition) is 5. The maximum absolute atomic E-state index is 9.49. The van der Waals surface area contributed by atoms with E-state index in [1.807, 2.05) is 0 Å². The quantitative estimate of drug-likeness (QED) is 0.728. The van der Waals surface area contributed by atoms with Crippen LogP contribution in [0.1, 0.15) is 24.6 Å². The van der Waals surface area contributed by atoms with Crippen LogP contribution < -0.4 is 5.32 Å². The minimum Gasteiger partial charge on any atom is -0.504 e. The molecular weight excluding hydrogens is 248 g/mol. The zero-order valence-corrected chi connectivity index (χ0v) is 10.6. The van der Waals surface area contributed by atoms with Crippen LogP contribution in [0.4, 0.5) is 0 Å². The zero-order valence-electron chi connectivity index (χ0n) is 9.76. The van der Waals surface area contributed by atoms with Crippen molar-refractivity contribution < 1.29 is 10.2 Å². The molecule has 2 heterocycles. The third-order valence-electron chi connectivity index (χ3n) is 3.16. The van der Waals surface area contributed by atoms with Crippen LogP contribution in [0, 0.1) is 0 Å². The Labute approximate surface area is 109 Å². The van der Waals surface area contributed by atoms with E-state index in [2.05, 4.69) is 15.7 Å². The molecule has 1 fully saturated rings. The highest BCUT2D eigenvalue weighted by molar-refractivity contribution is 7.13. The largest absolute Gasteiger partial charge is 0.504 e. The number of phenols is 2. The summed E-state index contributed by atoms with van der Waals surface area (Å²) < 4.78 is 0. The van der Waals surface area contributed by atoms with Crippen LogP contribution in [0.3, 0.4) is 0 Å². The fourth-order valence-corrected chi connectivity index (χ4v) is 3.04. The summed E-state index contributed by atoms with van der Waals surface area (Å²) >= 11 is 1.56. The van der Waals surface area contributed by atoms with Crippen LogP contribution in [0.25, 0.3) is 10.6 Å². The van der Waals surface area contributed by atoms with Crippen molar-refractivity contribution >= 4 is 11.3 Å². The molecule has 1 unspecified atom stereocenters. The van der Waals surface area contributed by atoms with Gasteiger partial charge in [0.05, 0.1) is 11.7 Å². The number of aromatic nitrogens is 1. The van der Waals surface area contributed by atoms with Crippen LogP contribution in [0.2, 0.25) is 0 Å². The number of hydrogen-bond donors (Lipinski definition) is 3. The fraction of sp³-hybridized carbons (Fsp3) is 0.308. The van der Waals surface area contributed by atoms with Gasteiger partial charge in [-0.05, 0) is 37.6 Å². The summed E-state index contributed by atoms with van der Waals surface area (Å²) in [6, 6.07) is 5.15. The predicted octanol–water partition coefficient (Wildman–Crippen LogP) is 2.65. The first-order chi connectivity index (χ1) is 8.74. The molecule has 0 saturated carbocycles. The third kappa shape index (κ3) is 2.07. The number of nitrogens with one attached hydrogen (secondary N) is 1. The van der Waals surface area contributed by atoms with Crippen molar-refractivity contribution in [3.05, 3.63) is 29.3 Å². The molecule has 1 saturated heterocycles. The Morgan fingerprint density at radius 1 is 1.28 bits per heavy atom. The summed E-state index contributed by atoms with van der Waals surface area (Å²) in [5.74, 6) is -0.212. The van der Waals surface area contributed by atoms with Crippen molar-refractivity contribution in [2.75, 3.05) is 6.54 Å². The second-order valence-electron chi connectivity index (χ2n) is 4.43. The van der Waals surface area contributed by atoms with Crippen molar-refractivity contribution in [1.29, 1.82) is 0 Å². The van der Waals surface area contributed by atoms with Crippen LogP contribution in [-0.4, -0.2) is 21.7 Å². The van der Waals surface area contributed by atoms with Crippen molar-refractivity contribution in [3.8, 4) is 22.1 Å². The molecule has 4 nitrogen and oxygen atoms in total. The molecule has 1 aliphatic rings. The molecule has 5 heteroatoms. The van der Waals surface area contributed by atoms with Gasteiger partial charge >= 0.3 is 0 Å². The number of nitrogens with zero attached hydrogens (tertiary/aromatic N) is 1. The van der Waals surface area contributed by atoms with Gasteiger partial charge in [0.15, 0.2) is 11.5 Å². The summed E-state index contributed by atoms with van der Waals surface area (Å²) in [7, 11) is 0. The monoisotopic (exact) mass is 262 g/mol. The van der Waals surface area contributed by atoms with E-state index in [-0.39, 0.29) is 11.5 Å². The molecule has 3 N–H and O–H groups in total. The normalized spacial score (nSPS) is 19.2. The molecule has 1 aromatic heterocycles. The van der Waals surface area contributed by atoms with E-state index >= 15 is 0 Å². The summed E-state index contributed by atoms with van der Waals surface area (Å²) in [5, 5.41) is 25.1. The molecule has 3 rings (SSSR count). The minimum absolute atomic E-state index is 0.104. The maximum atomic E-state index is 9.49. The van der Waals surface area contributed by atoms with E-state index in [0.717, 1.165) is 29.2 Å². The smallest absolute Gasteiger partial charge is 0.158 e. The van der Waals surface area contributed by atoms with Gasteiger partial charge in [0.1, 0.15) is 5.01 Å². The van der Waals surface area contributed by atoms with E-state index in [4.69, 9.17) is 0 Å². The lowest BCUT2D eigenvalue weighted by Gasteiger charge is -2.05. The van der Waals surface area contributed by atoms with Crippen LogP contribution in [0.15, 0.2) is 23.6 Å². The molecule has 2 aromatic rings. The average molecular weight is 262 g/mol. The average Bonchev–Trinajstić information content (AvgIpc) is 3.01. The van der Waals surface area contributed by atoms with Gasteiger partial charge in [-0.15, -0.1) is 11.3 Å². The van der Waals surface area contributed by atoms with Gasteiger partial charge in [0, 0.05) is 10.9 Å². The first kappa shape index (κ1) is 11.5. The zero-order chi connectivity index (χ0) is 12.5. The van der Waals surface area contributed by atoms with Crippen molar-refractivity contribution in [2.45, 2.75) is 18.9 Å². The second-order valence-corrected chi connectivity index (χ2v) is 5.29. The molecule has 94 valence electrons. The Kier molecular flexibility index (Phi) is 2.93. The SMILES string of the molecule is Oc1ccc(-c2nc(C3CCCN3)cs2)cc1O. The predicted molar refractivity (Wildman–Crippen MR) is 70.9 cm³/mol. The molecule has 0 spiro atoms. The molecule has 1 aliphatic heterocycles. The van der Waals surface area contributed by atoms with Crippen molar-refractivity contribution in [1.82, 2.24) is 10.3 Å². The first-order valence-corrected chi connectivity index (χ1v) is 6.83. The molecule has 1 atom stereocenters. The highest BCUT2D eigenvalue weighted by Crippen LogP contribution is 2.33. The van der Waals surface area contributed by atoms with Crippen LogP contribution in [-0.2, 0) is 0 Å². The third-order valence-corrected chi connectivity index (χ3v) is 4.07. The van der Waals surface area contributed by atoms with Gasteiger partial charge in [0.25, 0.3) is 0 Å². The topological polar surface area (TPSA) is 65.4 Å². The second kappa shape index (κ2) is 4.59. The summed E-state index contributed by atoms with van der Waals surface area (Å²) in [6.07, 6.45) is 2.32. The summed E-state index contributed by atoms with van der Waals surface area (Å²) in [6.45, 7) is 1.05. The van der Waals surface area contributed by atoms with Crippen molar-refractivity contribution in [3.63, 3.8) is 0 Å². The van der Waals surface area contributed by atoms with Gasteiger partial charge in [-0.25, -0.2) is 4.98 Å². The number of thiazole rings is 1. The lowest BCUT2D eigenvalue weighted by atomic mass is 10.2. The van der Waals surface area contributed by atoms with Crippen LogP contribution >= 0.6 is 11.3 Å². The van der Waals surface area contributed by atoms with Gasteiger partial charge in [-0.2, -0.15) is 0 Å². The van der Waals surface area contributed by atoms with Gasteiger partial charge < -0.3 is 15.5 Å². The lowest BCUT2D eigenvalue weighted by molar-refractivity contribution is 0.404. The first-order valence-electron chi connectivity index (χ1n) is 5.95. The number of aromatic hydroxyl groups is 2. The van der Waals surface area contributed by atoms with E-state index in [9.17, 15) is 10.2 Å². The fourth-order valence-electron chi connectivity index (χ4n) is 2.17. The number of benzene rings is 1. The highest BCUT2D eigenvalue weighted by atomic mass is 32.1. The molecule has 18 heavy (non-hydrogen) atoms. The Morgan fingerprint density at radius 3 is 2.89 bits per heavy atom. The minimum atomic E-state index is -0.108. The van der Waals surface area contributed by atoms with E-state index < -0.39 is 0 Å². The Balaban J connectivity index is 1.89. The Bertz CT molecular complexity index is 562. The molecule has 0 radical (unpaired) electrons. The molecule has 0 bridgehead atoms. The lowest BCUT2D eigenvalue weighted by Crippen LogP contribution is -2.12. The molecular formula is C13H14N2O2S. The highest BCUT2D eigenvalue weighted by Gasteiger charge is 2.19. The van der Waals surface area contributed by atoms with Crippen molar-refractivity contribution in [2.24, 2.45) is 0 Å². The molecule has 1 aromatic carbocycles. The molecule has 0 amide bonds. The molecule has 0 aliphatic carbocycles. The van der Waals surface area contributed by atoms with E-state index in [1.165, 1.54) is 12.5 Å². The van der Waals surface area contributed by atoms with Gasteiger partial charge in [-0.3, -0.25) is 0 Å². The number of rotatable bonds is 2. The maximum Gasteiger partial charge on any atom is 0.158 e. The van der Waals surface area contributed by atoms with E-state index in [1.54, 1.807) is 23.5 Å². The van der Waals surface area contributed by atoms with Gasteiger partial charge in [0.2, 0.25) is 0 Å². The van der Waals surface area contributed by atoms with E-state index in [0.29, 0.717) is 6.04 Å².